The average Bonchev–Trinajstić information content (AvgIpc) is 2.45. The number of pyridine rings is 1. The van der Waals surface area contributed by atoms with Crippen LogP contribution >= 0.6 is 15.9 Å². The fourth-order valence-corrected chi connectivity index (χ4v) is 3.51. The first-order chi connectivity index (χ1) is 9.22. The van der Waals surface area contributed by atoms with Gasteiger partial charge in [0.1, 0.15) is 5.75 Å². The molecule has 0 bridgehead atoms. The van der Waals surface area contributed by atoms with E-state index in [9.17, 15) is 9.90 Å². The minimum Gasteiger partial charge on any atom is -0.505 e. The average molecular weight is 327 g/mol. The lowest BCUT2D eigenvalue weighted by Crippen LogP contribution is -2.34. The molecule has 1 heterocycles. The first-order valence-corrected chi connectivity index (χ1v) is 7.81. The van der Waals surface area contributed by atoms with Gasteiger partial charge in [-0.1, -0.05) is 28.8 Å². The second kappa shape index (κ2) is 6.89. The monoisotopic (exact) mass is 326 g/mol. The van der Waals surface area contributed by atoms with Gasteiger partial charge in [-0.15, -0.1) is 0 Å². The quantitative estimate of drug-likeness (QED) is 0.836. The third kappa shape index (κ3) is 3.69. The molecule has 5 heteroatoms. The summed E-state index contributed by atoms with van der Waals surface area (Å²) in [4.78, 5) is 15.8. The van der Waals surface area contributed by atoms with E-state index in [0.29, 0.717) is 23.9 Å². The number of nitrogens with zero attached hydrogens (tertiary/aromatic N) is 1. The van der Waals surface area contributed by atoms with Crippen molar-refractivity contribution in [2.45, 2.75) is 25.7 Å². The summed E-state index contributed by atoms with van der Waals surface area (Å²) in [5.41, 5.74) is 0.293. The lowest BCUT2D eigenvalue weighted by atomic mass is 9.80. The number of carbonyl (C=O) groups excluding carboxylic acids is 1. The van der Waals surface area contributed by atoms with Gasteiger partial charge >= 0.3 is 0 Å². The lowest BCUT2D eigenvalue weighted by Gasteiger charge is -2.30. The molecule has 0 saturated heterocycles. The maximum absolute atomic E-state index is 12.0. The molecule has 0 radical (unpaired) electrons. The molecule has 2 rings (SSSR count). The summed E-state index contributed by atoms with van der Waals surface area (Å²) in [6.45, 7) is 0.677. The third-order valence-corrected chi connectivity index (χ3v) is 4.67. The van der Waals surface area contributed by atoms with Gasteiger partial charge < -0.3 is 10.4 Å². The van der Waals surface area contributed by atoms with Crippen LogP contribution in [-0.2, 0) is 0 Å². The van der Waals surface area contributed by atoms with E-state index in [-0.39, 0.29) is 11.7 Å². The molecule has 2 unspecified atom stereocenters. The fraction of sp³-hybridized carbons (Fsp3) is 0.571. The van der Waals surface area contributed by atoms with Gasteiger partial charge in [-0.2, -0.15) is 0 Å². The van der Waals surface area contributed by atoms with E-state index < -0.39 is 0 Å². The number of hydrogen-bond donors (Lipinski definition) is 2. The molecular formula is C14H19BrN2O2. The Bertz CT molecular complexity index is 439. The van der Waals surface area contributed by atoms with Crippen LogP contribution in [0, 0.1) is 11.8 Å². The van der Waals surface area contributed by atoms with Gasteiger partial charge in [-0.25, -0.2) is 0 Å². The zero-order chi connectivity index (χ0) is 13.7. The number of amides is 1. The van der Waals surface area contributed by atoms with Crippen LogP contribution in [0.3, 0.4) is 0 Å². The summed E-state index contributed by atoms with van der Waals surface area (Å²) in [7, 11) is 0. The van der Waals surface area contributed by atoms with Gasteiger partial charge in [0, 0.05) is 18.1 Å². The number of aromatic nitrogens is 1. The van der Waals surface area contributed by atoms with Crippen LogP contribution in [0.25, 0.3) is 0 Å². The number of carbonyl (C=O) groups is 1. The van der Waals surface area contributed by atoms with Gasteiger partial charge in [-0.3, -0.25) is 9.78 Å². The zero-order valence-corrected chi connectivity index (χ0v) is 12.4. The Morgan fingerprint density at radius 3 is 2.84 bits per heavy atom. The van der Waals surface area contributed by atoms with Gasteiger partial charge in [0.2, 0.25) is 0 Å². The smallest absolute Gasteiger partial charge is 0.255 e. The Labute approximate surface area is 121 Å². The maximum Gasteiger partial charge on any atom is 0.255 e. The Morgan fingerprint density at radius 2 is 2.16 bits per heavy atom. The van der Waals surface area contributed by atoms with Crippen LogP contribution in [0.1, 0.15) is 36.0 Å². The molecule has 19 heavy (non-hydrogen) atoms. The molecule has 2 N–H and O–H groups in total. The third-order valence-electron chi connectivity index (χ3n) is 3.83. The van der Waals surface area contributed by atoms with Crippen molar-refractivity contribution in [3.05, 3.63) is 24.0 Å². The highest BCUT2D eigenvalue weighted by atomic mass is 79.9. The number of halogens is 1. The van der Waals surface area contributed by atoms with E-state index in [1.54, 1.807) is 0 Å². The first kappa shape index (κ1) is 14.3. The highest BCUT2D eigenvalue weighted by Crippen LogP contribution is 2.30. The molecule has 104 valence electrons. The summed E-state index contributed by atoms with van der Waals surface area (Å²) < 4.78 is 0. The summed E-state index contributed by atoms with van der Waals surface area (Å²) >= 11 is 3.55. The van der Waals surface area contributed by atoms with E-state index in [0.717, 1.165) is 5.33 Å². The van der Waals surface area contributed by atoms with E-state index >= 15 is 0 Å². The normalized spacial score (nSPS) is 23.0. The van der Waals surface area contributed by atoms with Crippen LogP contribution in [0.15, 0.2) is 18.5 Å². The molecular weight excluding hydrogens is 308 g/mol. The maximum atomic E-state index is 12.0. The van der Waals surface area contributed by atoms with Crippen molar-refractivity contribution in [2.24, 2.45) is 11.8 Å². The number of hydrogen-bond acceptors (Lipinski definition) is 3. The van der Waals surface area contributed by atoms with Crippen LogP contribution in [0.4, 0.5) is 0 Å². The predicted molar refractivity (Wildman–Crippen MR) is 77.5 cm³/mol. The minimum atomic E-state index is -0.223. The summed E-state index contributed by atoms with van der Waals surface area (Å²) in [5.74, 6) is 0.876. The minimum absolute atomic E-state index is 0.0688. The van der Waals surface area contributed by atoms with Gasteiger partial charge in [-0.05, 0) is 30.7 Å². The van der Waals surface area contributed by atoms with Crippen LogP contribution < -0.4 is 5.32 Å². The zero-order valence-electron chi connectivity index (χ0n) is 10.8. The number of alkyl halides is 1. The van der Waals surface area contributed by atoms with Crippen LogP contribution in [-0.4, -0.2) is 27.9 Å². The second-order valence-electron chi connectivity index (χ2n) is 5.06. The van der Waals surface area contributed by atoms with Crippen LogP contribution in [0.2, 0.25) is 0 Å². The van der Waals surface area contributed by atoms with Crippen molar-refractivity contribution in [3.8, 4) is 5.75 Å². The summed E-state index contributed by atoms with van der Waals surface area (Å²) in [6, 6.07) is 1.54. The molecule has 0 aromatic carbocycles. The highest BCUT2D eigenvalue weighted by Gasteiger charge is 2.24. The molecule has 1 aliphatic carbocycles. The Morgan fingerprint density at radius 1 is 1.42 bits per heavy atom. The summed E-state index contributed by atoms with van der Waals surface area (Å²) in [5, 5.41) is 13.5. The van der Waals surface area contributed by atoms with Gasteiger partial charge in [0.15, 0.2) is 0 Å². The number of rotatable bonds is 4. The Balaban J connectivity index is 1.91. The van der Waals surface area contributed by atoms with E-state index in [2.05, 4.69) is 26.2 Å². The number of aromatic hydroxyl groups is 1. The van der Waals surface area contributed by atoms with Crippen molar-refractivity contribution >= 4 is 21.8 Å². The first-order valence-electron chi connectivity index (χ1n) is 6.69. The molecule has 1 fully saturated rings. The molecule has 0 spiro atoms. The molecule has 2 atom stereocenters. The standard InChI is InChI=1S/C14H19BrN2O2/c15-7-10-3-1-2-4-11(10)8-17-14(19)12-5-6-16-9-13(12)18/h5-6,9-11,18H,1-4,7-8H2,(H,17,19). The van der Waals surface area contributed by atoms with Crippen LogP contribution in [0.5, 0.6) is 5.75 Å². The largest absolute Gasteiger partial charge is 0.505 e. The van der Waals surface area contributed by atoms with E-state index in [1.165, 1.54) is 44.1 Å². The SMILES string of the molecule is O=C(NCC1CCCCC1CBr)c1ccncc1O. The van der Waals surface area contributed by atoms with E-state index in [4.69, 9.17) is 0 Å². The lowest BCUT2D eigenvalue weighted by molar-refractivity contribution is 0.0934. The second-order valence-corrected chi connectivity index (χ2v) is 5.71. The topological polar surface area (TPSA) is 62.2 Å². The summed E-state index contributed by atoms with van der Waals surface area (Å²) in [6.07, 6.45) is 7.72. The molecule has 4 nitrogen and oxygen atoms in total. The van der Waals surface area contributed by atoms with Crippen molar-refractivity contribution in [2.75, 3.05) is 11.9 Å². The Hall–Kier alpha value is -1.10. The predicted octanol–water partition coefficient (Wildman–Crippen LogP) is 2.72. The van der Waals surface area contributed by atoms with Gasteiger partial charge in [0.25, 0.3) is 5.91 Å². The number of nitrogens with one attached hydrogen (secondary N) is 1. The highest BCUT2D eigenvalue weighted by molar-refractivity contribution is 9.09. The Kier molecular flexibility index (Phi) is 5.19. The fourth-order valence-electron chi connectivity index (χ4n) is 2.65. The molecule has 1 aromatic heterocycles. The van der Waals surface area contributed by atoms with Crippen molar-refractivity contribution in [3.63, 3.8) is 0 Å². The molecule has 1 aromatic rings. The van der Waals surface area contributed by atoms with Crippen molar-refractivity contribution in [1.29, 1.82) is 0 Å². The molecule has 1 amide bonds. The van der Waals surface area contributed by atoms with Crippen molar-refractivity contribution < 1.29 is 9.90 Å². The van der Waals surface area contributed by atoms with Crippen molar-refractivity contribution in [1.82, 2.24) is 10.3 Å². The van der Waals surface area contributed by atoms with E-state index in [1.807, 2.05) is 0 Å². The molecule has 0 aliphatic heterocycles. The molecule has 1 aliphatic rings. The van der Waals surface area contributed by atoms with Gasteiger partial charge in [0.05, 0.1) is 11.8 Å². The molecule has 1 saturated carbocycles.